The summed E-state index contributed by atoms with van der Waals surface area (Å²) in [7, 11) is -2.68. The number of carbonyl (C=O) groups excluding carboxylic acids is 1. The minimum absolute atomic E-state index is 0.0194. The van der Waals surface area contributed by atoms with Crippen LogP contribution in [0.2, 0.25) is 0 Å². The fourth-order valence-electron chi connectivity index (χ4n) is 3.32. The molecule has 2 N–H and O–H groups in total. The van der Waals surface area contributed by atoms with E-state index in [0.717, 1.165) is 44.9 Å². The lowest BCUT2D eigenvalue weighted by Gasteiger charge is -2.28. The van der Waals surface area contributed by atoms with Gasteiger partial charge in [-0.15, -0.1) is 11.8 Å². The maximum atomic E-state index is 13.7. The van der Waals surface area contributed by atoms with Crippen LogP contribution in [0.5, 0.6) is 5.75 Å². The average molecular weight is 464 g/mol. The van der Waals surface area contributed by atoms with Gasteiger partial charge in [0.1, 0.15) is 5.75 Å². The van der Waals surface area contributed by atoms with Crippen molar-refractivity contribution in [3.63, 3.8) is 0 Å². The molecule has 178 valence electrons. The van der Waals surface area contributed by atoms with E-state index in [4.69, 9.17) is 4.74 Å². The first kappa shape index (κ1) is 27.7. The quantitative estimate of drug-likeness (QED) is 0.130. The third-order valence-corrected chi connectivity index (χ3v) is 7.81. The van der Waals surface area contributed by atoms with Crippen molar-refractivity contribution in [3.05, 3.63) is 36.4 Å². The molecule has 1 aromatic carbocycles. The molecule has 0 radical (unpaired) electrons. The maximum absolute atomic E-state index is 13.7. The standard InChI is InChI=1S/C25H37NO5S/c1-4-6-8-10-12-14-20-25(24(27)26-28,21-15-13-11-9-7-5-2)32(29,30)23-18-16-22(31-3)17-19-23/h12,14,16-19,28H,4-11,20-21H2,1-3H3,(H,26,27). The number of methoxy groups -OCH3 is 1. The van der Waals surface area contributed by atoms with Crippen molar-refractivity contribution in [1.82, 2.24) is 5.48 Å². The number of ether oxygens (including phenoxy) is 1. The van der Waals surface area contributed by atoms with E-state index < -0.39 is 20.5 Å². The van der Waals surface area contributed by atoms with Crippen molar-refractivity contribution < 1.29 is 23.2 Å². The molecule has 32 heavy (non-hydrogen) atoms. The van der Waals surface area contributed by atoms with Gasteiger partial charge in [-0.1, -0.05) is 51.7 Å². The van der Waals surface area contributed by atoms with Crippen LogP contribution in [0.1, 0.15) is 78.1 Å². The van der Waals surface area contributed by atoms with Crippen LogP contribution in [-0.2, 0) is 14.6 Å². The van der Waals surface area contributed by atoms with Crippen molar-refractivity contribution in [1.29, 1.82) is 0 Å². The molecule has 6 nitrogen and oxygen atoms in total. The molecule has 0 aliphatic rings. The Kier molecular flexibility index (Phi) is 12.7. The van der Waals surface area contributed by atoms with Crippen molar-refractivity contribution in [2.45, 2.75) is 87.7 Å². The highest BCUT2D eigenvalue weighted by Crippen LogP contribution is 2.34. The number of amides is 1. The topological polar surface area (TPSA) is 92.7 Å². The van der Waals surface area contributed by atoms with Gasteiger partial charge in [0.25, 0.3) is 5.91 Å². The van der Waals surface area contributed by atoms with Crippen molar-refractivity contribution in [2.75, 3.05) is 7.11 Å². The van der Waals surface area contributed by atoms with Crippen LogP contribution in [0, 0.1) is 11.8 Å². The summed E-state index contributed by atoms with van der Waals surface area (Å²) in [6, 6.07) is 5.89. The van der Waals surface area contributed by atoms with Crippen LogP contribution < -0.4 is 10.2 Å². The molecule has 7 heteroatoms. The van der Waals surface area contributed by atoms with Crippen molar-refractivity contribution in [2.24, 2.45) is 0 Å². The average Bonchev–Trinajstić information content (AvgIpc) is 2.81. The molecule has 0 aliphatic carbocycles. The zero-order valence-corrected chi connectivity index (χ0v) is 20.3. The van der Waals surface area contributed by atoms with E-state index in [1.807, 2.05) is 6.08 Å². The predicted octanol–water partition coefficient (Wildman–Crippen LogP) is 5.21. The zero-order chi connectivity index (χ0) is 23.9. The van der Waals surface area contributed by atoms with E-state index in [1.54, 1.807) is 11.6 Å². The molecule has 0 spiro atoms. The van der Waals surface area contributed by atoms with E-state index >= 15 is 0 Å². The van der Waals surface area contributed by atoms with Crippen LogP contribution in [-0.4, -0.2) is 31.4 Å². The predicted molar refractivity (Wildman–Crippen MR) is 127 cm³/mol. The summed E-state index contributed by atoms with van der Waals surface area (Å²) in [6.07, 6.45) is 11.0. The van der Waals surface area contributed by atoms with E-state index in [2.05, 4.69) is 25.7 Å². The molecule has 0 bridgehead atoms. The number of allylic oxidation sites excluding steroid dienone is 2. The van der Waals surface area contributed by atoms with Crippen LogP contribution in [0.25, 0.3) is 0 Å². The molecule has 0 saturated carbocycles. The minimum atomic E-state index is -4.18. The van der Waals surface area contributed by atoms with Crippen molar-refractivity contribution in [3.8, 4) is 17.6 Å². The largest absolute Gasteiger partial charge is 0.497 e. The van der Waals surface area contributed by atoms with E-state index in [1.165, 1.54) is 31.4 Å². The first-order valence-corrected chi connectivity index (χ1v) is 12.8. The maximum Gasteiger partial charge on any atom is 0.266 e. The Labute approximate surface area is 193 Å². The normalized spacial score (nSPS) is 13.2. The molecular weight excluding hydrogens is 426 g/mol. The Morgan fingerprint density at radius 3 is 2.31 bits per heavy atom. The summed E-state index contributed by atoms with van der Waals surface area (Å²) in [5.74, 6) is 5.42. The molecule has 0 aromatic heterocycles. The Bertz CT molecular complexity index is 881. The molecule has 1 aromatic rings. The number of benzene rings is 1. The second-order valence-electron chi connectivity index (χ2n) is 7.77. The number of hydrogen-bond acceptors (Lipinski definition) is 5. The molecular formula is C25H37NO5S. The Hall–Kier alpha value is -2.30. The summed E-state index contributed by atoms with van der Waals surface area (Å²) in [5, 5.41) is 9.45. The number of nitrogens with one attached hydrogen (secondary N) is 1. The molecule has 0 heterocycles. The van der Waals surface area contributed by atoms with Gasteiger partial charge in [0.15, 0.2) is 14.6 Å². The Morgan fingerprint density at radius 2 is 1.72 bits per heavy atom. The van der Waals surface area contributed by atoms with Gasteiger partial charge in [0, 0.05) is 12.8 Å². The third kappa shape index (κ3) is 7.68. The van der Waals surface area contributed by atoms with Crippen molar-refractivity contribution >= 4 is 15.7 Å². The summed E-state index contributed by atoms with van der Waals surface area (Å²) >= 11 is 0. The monoisotopic (exact) mass is 463 g/mol. The van der Waals surface area contributed by atoms with Crippen LogP contribution in [0.15, 0.2) is 41.3 Å². The molecule has 1 atom stereocenters. The summed E-state index contributed by atoms with van der Waals surface area (Å²) in [6.45, 7) is 4.21. The molecule has 0 saturated heterocycles. The molecule has 0 fully saturated rings. The minimum Gasteiger partial charge on any atom is -0.497 e. The summed E-state index contributed by atoms with van der Waals surface area (Å²) < 4.78 is 30.5. The van der Waals surface area contributed by atoms with Gasteiger partial charge < -0.3 is 4.74 Å². The lowest BCUT2D eigenvalue weighted by molar-refractivity contribution is -0.131. The number of hydroxylamine groups is 1. The molecule has 1 amide bonds. The van der Waals surface area contributed by atoms with Gasteiger partial charge in [0.05, 0.1) is 12.0 Å². The smallest absolute Gasteiger partial charge is 0.266 e. The van der Waals surface area contributed by atoms with Crippen LogP contribution in [0.4, 0.5) is 0 Å². The third-order valence-electron chi connectivity index (χ3n) is 5.39. The van der Waals surface area contributed by atoms with Gasteiger partial charge in [-0.3, -0.25) is 10.0 Å². The van der Waals surface area contributed by atoms with Gasteiger partial charge in [0.2, 0.25) is 0 Å². The number of unbranched alkanes of at least 4 members (excludes halogenated alkanes) is 6. The second-order valence-corrected chi connectivity index (χ2v) is 10.0. The summed E-state index contributed by atoms with van der Waals surface area (Å²) in [5.41, 5.74) is 1.58. The molecule has 0 aliphatic heterocycles. The van der Waals surface area contributed by atoms with Gasteiger partial charge >= 0.3 is 0 Å². The van der Waals surface area contributed by atoms with E-state index in [0.29, 0.717) is 12.2 Å². The highest BCUT2D eigenvalue weighted by Gasteiger charge is 2.50. The Balaban J connectivity index is 3.33. The number of hydrogen-bond donors (Lipinski definition) is 2. The fourth-order valence-corrected chi connectivity index (χ4v) is 5.13. The van der Waals surface area contributed by atoms with Gasteiger partial charge in [-0.05, 0) is 49.9 Å². The highest BCUT2D eigenvalue weighted by molar-refractivity contribution is 7.93. The van der Waals surface area contributed by atoms with E-state index in [-0.39, 0.29) is 17.7 Å². The lowest BCUT2D eigenvalue weighted by Crippen LogP contribution is -2.51. The highest BCUT2D eigenvalue weighted by atomic mass is 32.2. The lowest BCUT2D eigenvalue weighted by atomic mass is 9.98. The fraction of sp³-hybridized carbons (Fsp3) is 0.560. The summed E-state index contributed by atoms with van der Waals surface area (Å²) in [4.78, 5) is 12.8. The SMILES string of the molecule is CCCCCC#CCC(CC=CCCCCC)(C(=O)NO)S(=O)(=O)c1ccc(OC)cc1. The first-order chi connectivity index (χ1) is 15.4. The first-order valence-electron chi connectivity index (χ1n) is 11.3. The van der Waals surface area contributed by atoms with Crippen LogP contribution in [0.3, 0.4) is 0 Å². The second kappa shape index (κ2) is 14.7. The number of rotatable bonds is 14. The Morgan fingerprint density at radius 1 is 1.06 bits per heavy atom. The molecule has 1 rings (SSSR count). The molecule has 1 unspecified atom stereocenters. The van der Waals surface area contributed by atoms with E-state index in [9.17, 15) is 18.4 Å². The van der Waals surface area contributed by atoms with Crippen LogP contribution >= 0.6 is 0 Å². The van der Waals surface area contributed by atoms with Gasteiger partial charge in [-0.25, -0.2) is 13.9 Å². The van der Waals surface area contributed by atoms with Gasteiger partial charge in [-0.2, -0.15) is 0 Å². The number of sulfone groups is 1. The number of carbonyl (C=O) groups is 1. The zero-order valence-electron chi connectivity index (χ0n) is 19.5.